The smallest absolute Gasteiger partial charge is 0.188 e. The topological polar surface area (TPSA) is 37.3 Å². The molecule has 102 valence electrons. The zero-order chi connectivity index (χ0) is 14.7. The van der Waals surface area contributed by atoms with E-state index in [1.54, 1.807) is 6.07 Å². The van der Waals surface area contributed by atoms with E-state index in [0.717, 1.165) is 18.2 Å². The average Bonchev–Trinajstić information content (AvgIpc) is 2.40. The molecule has 2 aromatic carbocycles. The molecule has 1 N–H and O–H groups in total. The summed E-state index contributed by atoms with van der Waals surface area (Å²) in [5.41, 5.74) is 0.358. The first-order chi connectivity index (χ1) is 9.47. The van der Waals surface area contributed by atoms with Crippen LogP contribution >= 0.6 is 11.6 Å². The summed E-state index contributed by atoms with van der Waals surface area (Å²) in [5.74, 6) is -2.32. The average molecular weight is 295 g/mol. The fourth-order valence-corrected chi connectivity index (χ4v) is 1.77. The zero-order valence-corrected chi connectivity index (χ0v) is 10.9. The van der Waals surface area contributed by atoms with Gasteiger partial charge < -0.3 is 5.11 Å². The Kier molecular flexibility index (Phi) is 4.15. The van der Waals surface area contributed by atoms with Crippen LogP contribution in [-0.4, -0.2) is 10.9 Å². The Morgan fingerprint density at radius 1 is 1.15 bits per heavy atom. The number of rotatable bonds is 3. The molecule has 0 radical (unpaired) electrons. The van der Waals surface area contributed by atoms with Crippen LogP contribution < -0.4 is 0 Å². The lowest BCUT2D eigenvalue weighted by Crippen LogP contribution is -1.99. The number of phenols is 1. The molecular formula is C15H9ClF2O2. The van der Waals surface area contributed by atoms with Crippen LogP contribution in [0.25, 0.3) is 6.08 Å². The SMILES string of the molecule is O=C(C=Cc1ccc(O)c(Cl)c1)c1ccc(F)cc1F. The second-order valence-corrected chi connectivity index (χ2v) is 4.44. The van der Waals surface area contributed by atoms with E-state index in [0.29, 0.717) is 11.6 Å². The summed E-state index contributed by atoms with van der Waals surface area (Å²) in [4.78, 5) is 11.8. The van der Waals surface area contributed by atoms with Crippen molar-refractivity contribution < 1.29 is 18.7 Å². The first-order valence-electron chi connectivity index (χ1n) is 5.63. The summed E-state index contributed by atoms with van der Waals surface area (Å²) in [6.07, 6.45) is 2.58. The van der Waals surface area contributed by atoms with E-state index in [4.69, 9.17) is 11.6 Å². The molecule has 0 aliphatic heterocycles. The number of carbonyl (C=O) groups is 1. The van der Waals surface area contributed by atoms with E-state index in [2.05, 4.69) is 0 Å². The number of carbonyl (C=O) groups excluding carboxylic acids is 1. The molecule has 0 fully saturated rings. The molecule has 0 aliphatic rings. The maximum atomic E-state index is 13.4. The molecule has 5 heteroatoms. The van der Waals surface area contributed by atoms with Gasteiger partial charge in [-0.15, -0.1) is 0 Å². The highest BCUT2D eigenvalue weighted by molar-refractivity contribution is 6.32. The fraction of sp³-hybridized carbons (Fsp3) is 0. The van der Waals surface area contributed by atoms with E-state index in [1.807, 2.05) is 0 Å². The number of aromatic hydroxyl groups is 1. The minimum atomic E-state index is -0.914. The Morgan fingerprint density at radius 3 is 2.55 bits per heavy atom. The number of hydrogen-bond acceptors (Lipinski definition) is 2. The predicted octanol–water partition coefficient (Wildman–Crippen LogP) is 4.22. The lowest BCUT2D eigenvalue weighted by Gasteiger charge is -2.00. The third-order valence-electron chi connectivity index (χ3n) is 2.60. The summed E-state index contributed by atoms with van der Waals surface area (Å²) >= 11 is 5.72. The van der Waals surface area contributed by atoms with Crippen molar-refractivity contribution >= 4 is 23.5 Å². The van der Waals surface area contributed by atoms with E-state index in [9.17, 15) is 18.7 Å². The van der Waals surface area contributed by atoms with Crippen molar-refractivity contribution in [1.29, 1.82) is 0 Å². The van der Waals surface area contributed by atoms with E-state index in [1.165, 1.54) is 18.2 Å². The van der Waals surface area contributed by atoms with Crippen molar-refractivity contribution in [3.05, 3.63) is 70.3 Å². The van der Waals surface area contributed by atoms with Crippen LogP contribution in [0.5, 0.6) is 5.75 Å². The summed E-state index contributed by atoms with van der Waals surface area (Å²) in [6.45, 7) is 0. The van der Waals surface area contributed by atoms with Crippen LogP contribution in [0.2, 0.25) is 5.02 Å². The van der Waals surface area contributed by atoms with Gasteiger partial charge in [-0.1, -0.05) is 23.7 Å². The maximum Gasteiger partial charge on any atom is 0.188 e. The Morgan fingerprint density at radius 2 is 1.90 bits per heavy atom. The molecule has 0 aromatic heterocycles. The molecule has 0 bridgehead atoms. The van der Waals surface area contributed by atoms with Gasteiger partial charge in [0.1, 0.15) is 17.4 Å². The van der Waals surface area contributed by atoms with E-state index < -0.39 is 17.4 Å². The lowest BCUT2D eigenvalue weighted by atomic mass is 10.1. The first kappa shape index (κ1) is 14.2. The highest BCUT2D eigenvalue weighted by Crippen LogP contribution is 2.24. The van der Waals surface area contributed by atoms with Crippen LogP contribution in [0.4, 0.5) is 8.78 Å². The third kappa shape index (κ3) is 3.22. The second-order valence-electron chi connectivity index (χ2n) is 4.03. The van der Waals surface area contributed by atoms with Gasteiger partial charge in [0.2, 0.25) is 0 Å². The number of phenolic OH excluding ortho intramolecular Hbond substituents is 1. The molecule has 2 aromatic rings. The Labute approximate surface area is 118 Å². The van der Waals surface area contributed by atoms with Gasteiger partial charge in [0, 0.05) is 6.07 Å². The molecule has 2 nitrogen and oxygen atoms in total. The number of halogens is 3. The summed E-state index contributed by atoms with van der Waals surface area (Å²) < 4.78 is 26.1. The molecule has 2 rings (SSSR count). The summed E-state index contributed by atoms with van der Waals surface area (Å²) in [7, 11) is 0. The lowest BCUT2D eigenvalue weighted by molar-refractivity contribution is 0.104. The molecule has 0 aliphatic carbocycles. The number of ketones is 1. The van der Waals surface area contributed by atoms with Gasteiger partial charge >= 0.3 is 0 Å². The van der Waals surface area contributed by atoms with Gasteiger partial charge in [0.15, 0.2) is 5.78 Å². The number of hydrogen-bond donors (Lipinski definition) is 1. The van der Waals surface area contributed by atoms with Crippen molar-refractivity contribution in [2.45, 2.75) is 0 Å². The van der Waals surface area contributed by atoms with Crippen molar-refractivity contribution in [3.63, 3.8) is 0 Å². The van der Waals surface area contributed by atoms with Crippen LogP contribution in [0.1, 0.15) is 15.9 Å². The highest BCUT2D eigenvalue weighted by Gasteiger charge is 2.09. The van der Waals surface area contributed by atoms with Gasteiger partial charge in [-0.2, -0.15) is 0 Å². The Balaban J connectivity index is 2.22. The minimum Gasteiger partial charge on any atom is -0.506 e. The van der Waals surface area contributed by atoms with Crippen molar-refractivity contribution in [2.24, 2.45) is 0 Å². The van der Waals surface area contributed by atoms with Gasteiger partial charge in [0.05, 0.1) is 10.6 Å². The van der Waals surface area contributed by atoms with Gasteiger partial charge in [-0.3, -0.25) is 4.79 Å². The van der Waals surface area contributed by atoms with Crippen LogP contribution in [0.15, 0.2) is 42.5 Å². The second kappa shape index (κ2) is 5.84. The summed E-state index contributed by atoms with van der Waals surface area (Å²) in [6, 6.07) is 7.14. The van der Waals surface area contributed by atoms with Crippen molar-refractivity contribution in [2.75, 3.05) is 0 Å². The quantitative estimate of drug-likeness (QED) is 0.680. The van der Waals surface area contributed by atoms with E-state index in [-0.39, 0.29) is 16.3 Å². The zero-order valence-electron chi connectivity index (χ0n) is 10.1. The molecule has 20 heavy (non-hydrogen) atoms. The first-order valence-corrected chi connectivity index (χ1v) is 6.01. The van der Waals surface area contributed by atoms with Gasteiger partial charge in [-0.25, -0.2) is 8.78 Å². The number of allylic oxidation sites excluding steroid dienone is 1. The fourth-order valence-electron chi connectivity index (χ4n) is 1.58. The molecule has 0 atom stereocenters. The molecule has 0 saturated carbocycles. The summed E-state index contributed by atoms with van der Waals surface area (Å²) in [5, 5.41) is 9.40. The Hall–Kier alpha value is -2.20. The van der Waals surface area contributed by atoms with Crippen molar-refractivity contribution in [3.8, 4) is 5.75 Å². The maximum absolute atomic E-state index is 13.4. The number of benzene rings is 2. The molecule has 0 unspecified atom stereocenters. The van der Waals surface area contributed by atoms with Crippen LogP contribution in [-0.2, 0) is 0 Å². The molecular weight excluding hydrogens is 286 g/mol. The van der Waals surface area contributed by atoms with Crippen LogP contribution in [0, 0.1) is 11.6 Å². The van der Waals surface area contributed by atoms with E-state index >= 15 is 0 Å². The normalized spacial score (nSPS) is 10.9. The van der Waals surface area contributed by atoms with Gasteiger partial charge in [-0.05, 0) is 35.9 Å². The molecule has 0 heterocycles. The van der Waals surface area contributed by atoms with Gasteiger partial charge in [0.25, 0.3) is 0 Å². The monoisotopic (exact) mass is 294 g/mol. The standard InChI is InChI=1S/C15H9ClF2O2/c16-12-7-9(2-6-15(12)20)1-5-14(19)11-4-3-10(17)8-13(11)18/h1-8,20H. The molecule has 0 saturated heterocycles. The van der Waals surface area contributed by atoms with Crippen LogP contribution in [0.3, 0.4) is 0 Å². The molecule has 0 spiro atoms. The molecule has 0 amide bonds. The minimum absolute atomic E-state index is 0.0697. The third-order valence-corrected chi connectivity index (χ3v) is 2.90. The largest absolute Gasteiger partial charge is 0.506 e. The van der Waals surface area contributed by atoms with Crippen molar-refractivity contribution in [1.82, 2.24) is 0 Å². The predicted molar refractivity (Wildman–Crippen MR) is 72.8 cm³/mol. The Bertz CT molecular complexity index is 696. The highest BCUT2D eigenvalue weighted by atomic mass is 35.5.